The molecular formula is C17H22N4O4. The molecule has 0 aromatic heterocycles. The molecule has 1 aliphatic heterocycles. The molecule has 8 heteroatoms. The normalized spacial score (nSPS) is 14.6. The summed E-state index contributed by atoms with van der Waals surface area (Å²) in [6.07, 6.45) is 2.36. The molecule has 0 spiro atoms. The minimum atomic E-state index is -0.732. The molecule has 134 valence electrons. The number of hydrogen-bond acceptors (Lipinski definition) is 6. The van der Waals surface area contributed by atoms with E-state index in [1.165, 1.54) is 23.3 Å². The zero-order valence-electron chi connectivity index (χ0n) is 14.7. The van der Waals surface area contributed by atoms with Crippen LogP contribution in [0.5, 0.6) is 0 Å². The summed E-state index contributed by atoms with van der Waals surface area (Å²) in [5.74, 6) is 0. The van der Waals surface area contributed by atoms with Gasteiger partial charge < -0.3 is 9.74 Å². The molecule has 1 aromatic carbocycles. The summed E-state index contributed by atoms with van der Waals surface area (Å²) < 4.78 is 0. The van der Waals surface area contributed by atoms with Crippen LogP contribution in [0.2, 0.25) is 0 Å². The monoisotopic (exact) mass is 346 g/mol. The van der Waals surface area contributed by atoms with Crippen LogP contribution >= 0.6 is 0 Å². The molecule has 1 aliphatic rings. The molecule has 25 heavy (non-hydrogen) atoms. The second-order valence-corrected chi connectivity index (χ2v) is 6.91. The van der Waals surface area contributed by atoms with Crippen molar-refractivity contribution in [2.24, 2.45) is 0 Å². The average Bonchev–Trinajstić information content (AvgIpc) is 2.58. The van der Waals surface area contributed by atoms with Gasteiger partial charge in [0, 0.05) is 13.1 Å². The highest BCUT2D eigenvalue weighted by Gasteiger charge is 2.34. The van der Waals surface area contributed by atoms with E-state index >= 15 is 0 Å². The van der Waals surface area contributed by atoms with E-state index in [1.54, 1.807) is 25.7 Å². The van der Waals surface area contributed by atoms with Gasteiger partial charge in [-0.05, 0) is 52.2 Å². The van der Waals surface area contributed by atoms with E-state index in [1.807, 2.05) is 6.07 Å². The Morgan fingerprint density at radius 2 is 1.96 bits per heavy atom. The van der Waals surface area contributed by atoms with E-state index in [2.05, 4.69) is 0 Å². The Morgan fingerprint density at radius 3 is 2.48 bits per heavy atom. The van der Waals surface area contributed by atoms with Gasteiger partial charge in [0.25, 0.3) is 0 Å². The van der Waals surface area contributed by atoms with Gasteiger partial charge in [-0.25, -0.2) is 4.79 Å². The Labute approximate surface area is 146 Å². The molecule has 1 saturated heterocycles. The Kier molecular flexibility index (Phi) is 5.47. The van der Waals surface area contributed by atoms with Crippen LogP contribution < -0.4 is 5.06 Å². The Hall–Kier alpha value is -2.82. The van der Waals surface area contributed by atoms with E-state index in [9.17, 15) is 20.2 Å². The van der Waals surface area contributed by atoms with Crippen molar-refractivity contribution in [3.05, 3.63) is 33.9 Å². The maximum Gasteiger partial charge on any atom is 0.434 e. The highest BCUT2D eigenvalue weighted by atomic mass is 16.7. The Bertz CT molecular complexity index is 700. The number of carbonyl (C=O) groups excluding carboxylic acids is 1. The third-order valence-corrected chi connectivity index (χ3v) is 3.93. The zero-order valence-corrected chi connectivity index (χ0v) is 14.7. The largest absolute Gasteiger partial charge is 0.434 e. The summed E-state index contributed by atoms with van der Waals surface area (Å²) >= 11 is 0. The van der Waals surface area contributed by atoms with Gasteiger partial charge in [-0.3, -0.25) is 10.1 Å². The van der Waals surface area contributed by atoms with Crippen molar-refractivity contribution in [2.75, 3.05) is 18.2 Å². The summed E-state index contributed by atoms with van der Waals surface area (Å²) in [5.41, 5.74) is -1.09. The summed E-state index contributed by atoms with van der Waals surface area (Å²) in [4.78, 5) is 30.5. The Balaban J connectivity index is 2.41. The minimum Gasteiger partial charge on any atom is -0.321 e. The lowest BCUT2D eigenvalue weighted by Crippen LogP contribution is -2.47. The molecule has 8 nitrogen and oxygen atoms in total. The van der Waals surface area contributed by atoms with Crippen LogP contribution in [-0.4, -0.2) is 34.5 Å². The number of nitro benzene ring substituents is 1. The molecule has 0 unspecified atom stereocenters. The van der Waals surface area contributed by atoms with Gasteiger partial charge in [-0.2, -0.15) is 10.3 Å². The smallest absolute Gasteiger partial charge is 0.321 e. The second kappa shape index (κ2) is 7.38. The number of anilines is 1. The van der Waals surface area contributed by atoms with Gasteiger partial charge in [0.1, 0.15) is 11.6 Å². The Morgan fingerprint density at radius 1 is 1.32 bits per heavy atom. The van der Waals surface area contributed by atoms with Crippen LogP contribution in [0, 0.1) is 21.4 Å². The maximum absolute atomic E-state index is 12.5. The molecule has 1 fully saturated rings. The fraction of sp³-hybridized carbons (Fsp3) is 0.529. The molecule has 0 atom stereocenters. The van der Waals surface area contributed by atoms with Gasteiger partial charge >= 0.3 is 11.8 Å². The van der Waals surface area contributed by atoms with Gasteiger partial charge in [0.2, 0.25) is 0 Å². The van der Waals surface area contributed by atoms with Crippen molar-refractivity contribution in [2.45, 2.75) is 45.6 Å². The van der Waals surface area contributed by atoms with Gasteiger partial charge in [0.15, 0.2) is 5.69 Å². The summed E-state index contributed by atoms with van der Waals surface area (Å²) in [6, 6.07) is 6.21. The highest BCUT2D eigenvalue weighted by molar-refractivity contribution is 5.74. The first-order valence-corrected chi connectivity index (χ1v) is 8.20. The number of hydroxylamine groups is 1. The van der Waals surface area contributed by atoms with E-state index < -0.39 is 16.6 Å². The number of nitro groups is 1. The number of benzene rings is 1. The van der Waals surface area contributed by atoms with Crippen molar-refractivity contribution < 1.29 is 14.6 Å². The lowest BCUT2D eigenvalue weighted by molar-refractivity contribution is -0.384. The second-order valence-electron chi connectivity index (χ2n) is 6.91. The number of likely N-dealkylation sites (tertiary alicyclic amines) is 1. The molecule has 1 aromatic rings. The number of piperidine rings is 1. The standard InChI is InChI=1S/C17H22N4O4/c1-17(2,3)20(25-16(22)19-10-5-4-6-11-19)14-9-7-8-13(12-18)15(14)21(23)24/h7-9H,4-6,10-11H2,1-3H3. The van der Waals surface area contributed by atoms with Crippen LogP contribution in [-0.2, 0) is 4.84 Å². The topological polar surface area (TPSA) is 99.7 Å². The minimum absolute atomic E-state index is 0.0780. The van der Waals surface area contributed by atoms with E-state index in [-0.39, 0.29) is 16.9 Å². The average molecular weight is 346 g/mol. The van der Waals surface area contributed by atoms with Gasteiger partial charge in [-0.1, -0.05) is 6.07 Å². The quantitative estimate of drug-likeness (QED) is 0.612. The highest BCUT2D eigenvalue weighted by Crippen LogP contribution is 2.35. The van der Waals surface area contributed by atoms with Crippen molar-refractivity contribution in [3.8, 4) is 6.07 Å². The number of nitrogens with zero attached hydrogens (tertiary/aromatic N) is 4. The molecule has 1 heterocycles. The van der Waals surface area contributed by atoms with Crippen LogP contribution in [0.25, 0.3) is 0 Å². The maximum atomic E-state index is 12.5. The van der Waals surface area contributed by atoms with Gasteiger partial charge in [0.05, 0.1) is 10.5 Å². The molecule has 0 bridgehead atoms. The zero-order chi connectivity index (χ0) is 18.6. The summed E-state index contributed by atoms with van der Waals surface area (Å²) in [5, 5.41) is 21.9. The molecule has 0 saturated carbocycles. The number of amides is 1. The lowest BCUT2D eigenvalue weighted by atomic mass is 10.1. The first-order valence-electron chi connectivity index (χ1n) is 8.20. The first kappa shape index (κ1) is 18.5. The van der Waals surface area contributed by atoms with Crippen LogP contribution in [0.1, 0.15) is 45.6 Å². The summed E-state index contributed by atoms with van der Waals surface area (Å²) in [6.45, 7) is 6.55. The van der Waals surface area contributed by atoms with E-state index in [0.717, 1.165) is 19.3 Å². The third-order valence-electron chi connectivity index (χ3n) is 3.93. The summed E-state index contributed by atoms with van der Waals surface area (Å²) in [7, 11) is 0. The predicted octanol–water partition coefficient (Wildman–Crippen LogP) is 3.61. The number of nitriles is 1. The number of para-hydroxylation sites is 1. The van der Waals surface area contributed by atoms with E-state index in [0.29, 0.717) is 13.1 Å². The molecular weight excluding hydrogens is 324 g/mol. The molecule has 2 rings (SSSR count). The van der Waals surface area contributed by atoms with Crippen molar-refractivity contribution >= 4 is 17.5 Å². The molecule has 0 aliphatic carbocycles. The first-order chi connectivity index (χ1) is 11.8. The predicted molar refractivity (Wildman–Crippen MR) is 91.9 cm³/mol. The SMILES string of the molecule is CC(C)(C)N(OC(=O)N1CCCCC1)c1cccc(C#N)c1[N+](=O)[O-]. The lowest BCUT2D eigenvalue weighted by Gasteiger charge is -2.36. The van der Waals surface area contributed by atoms with Crippen LogP contribution in [0.15, 0.2) is 18.2 Å². The van der Waals surface area contributed by atoms with Crippen molar-refractivity contribution in [1.82, 2.24) is 4.90 Å². The van der Waals surface area contributed by atoms with Gasteiger partial charge in [-0.15, -0.1) is 0 Å². The number of rotatable bonds is 3. The molecule has 0 radical (unpaired) electrons. The molecule has 0 N–H and O–H groups in total. The van der Waals surface area contributed by atoms with Crippen LogP contribution in [0.4, 0.5) is 16.2 Å². The van der Waals surface area contributed by atoms with Crippen molar-refractivity contribution in [1.29, 1.82) is 5.26 Å². The molecule has 1 amide bonds. The number of carbonyl (C=O) groups is 1. The van der Waals surface area contributed by atoms with Crippen LogP contribution in [0.3, 0.4) is 0 Å². The van der Waals surface area contributed by atoms with E-state index in [4.69, 9.17) is 4.84 Å². The number of hydrogen-bond donors (Lipinski definition) is 0. The third kappa shape index (κ3) is 4.18. The van der Waals surface area contributed by atoms with Crippen molar-refractivity contribution in [3.63, 3.8) is 0 Å². The fourth-order valence-electron chi connectivity index (χ4n) is 2.74. The fourth-order valence-corrected chi connectivity index (χ4v) is 2.74.